The minimum Gasteiger partial charge on any atom is -0.329 e. The molecule has 1 N–H and O–H groups in total. The van der Waals surface area contributed by atoms with Gasteiger partial charge >= 0.3 is 0 Å². The Balaban J connectivity index is 2.07. The average molecular weight is 328 g/mol. The van der Waals surface area contributed by atoms with Crippen LogP contribution in [-0.2, 0) is 16.1 Å². The second-order valence-electron chi connectivity index (χ2n) is 5.83. The van der Waals surface area contributed by atoms with Gasteiger partial charge in [-0.1, -0.05) is 30.3 Å². The van der Waals surface area contributed by atoms with E-state index in [9.17, 15) is 14.0 Å². The van der Waals surface area contributed by atoms with Crippen molar-refractivity contribution in [3.05, 3.63) is 65.0 Å². The third-order valence-corrected chi connectivity index (χ3v) is 3.77. The van der Waals surface area contributed by atoms with Crippen molar-refractivity contribution in [1.29, 1.82) is 0 Å². The van der Waals surface area contributed by atoms with E-state index in [4.69, 9.17) is 0 Å². The SMILES string of the molecule is CC(=O)N(CC(=O)Nc1cc(C)ccc1C)Cc1ccccc1F. The summed E-state index contributed by atoms with van der Waals surface area (Å²) in [4.78, 5) is 25.4. The van der Waals surface area contributed by atoms with Crippen LogP contribution in [-0.4, -0.2) is 23.3 Å². The Labute approximate surface area is 141 Å². The zero-order chi connectivity index (χ0) is 17.7. The molecule has 0 unspecified atom stereocenters. The van der Waals surface area contributed by atoms with Crippen molar-refractivity contribution in [3.8, 4) is 0 Å². The molecule has 2 aromatic rings. The number of benzene rings is 2. The molecule has 0 saturated carbocycles. The molecule has 0 atom stereocenters. The van der Waals surface area contributed by atoms with Gasteiger partial charge in [0.1, 0.15) is 12.4 Å². The van der Waals surface area contributed by atoms with Crippen LogP contribution in [0, 0.1) is 19.7 Å². The molecular weight excluding hydrogens is 307 g/mol. The van der Waals surface area contributed by atoms with Crippen LogP contribution in [0.1, 0.15) is 23.6 Å². The van der Waals surface area contributed by atoms with Gasteiger partial charge in [0.2, 0.25) is 11.8 Å². The summed E-state index contributed by atoms with van der Waals surface area (Å²) in [5.74, 6) is -0.983. The van der Waals surface area contributed by atoms with Gasteiger partial charge < -0.3 is 10.2 Å². The third kappa shape index (κ3) is 4.65. The molecule has 2 aromatic carbocycles. The summed E-state index contributed by atoms with van der Waals surface area (Å²) in [6, 6.07) is 12.0. The van der Waals surface area contributed by atoms with Gasteiger partial charge in [-0.2, -0.15) is 0 Å². The first-order valence-electron chi connectivity index (χ1n) is 7.73. The highest BCUT2D eigenvalue weighted by atomic mass is 19.1. The van der Waals surface area contributed by atoms with E-state index >= 15 is 0 Å². The number of anilines is 1. The highest BCUT2D eigenvalue weighted by Gasteiger charge is 2.16. The van der Waals surface area contributed by atoms with E-state index in [0.717, 1.165) is 16.8 Å². The first-order chi connectivity index (χ1) is 11.4. The standard InChI is InChI=1S/C19H21FN2O2/c1-13-8-9-14(2)18(10-13)21-19(24)12-22(15(3)23)11-16-6-4-5-7-17(16)20/h4-10H,11-12H2,1-3H3,(H,21,24). The fourth-order valence-electron chi connectivity index (χ4n) is 2.34. The van der Waals surface area contributed by atoms with E-state index in [1.807, 2.05) is 32.0 Å². The number of carbonyl (C=O) groups excluding carboxylic acids is 2. The summed E-state index contributed by atoms with van der Waals surface area (Å²) in [6.07, 6.45) is 0. The lowest BCUT2D eigenvalue weighted by Crippen LogP contribution is -2.36. The van der Waals surface area contributed by atoms with Crippen molar-refractivity contribution >= 4 is 17.5 Å². The van der Waals surface area contributed by atoms with Crippen LogP contribution in [0.3, 0.4) is 0 Å². The molecule has 2 amide bonds. The van der Waals surface area contributed by atoms with Gasteiger partial charge in [0.25, 0.3) is 0 Å². The molecule has 0 aromatic heterocycles. The molecule has 0 heterocycles. The molecule has 2 rings (SSSR count). The maximum Gasteiger partial charge on any atom is 0.244 e. The lowest BCUT2D eigenvalue weighted by atomic mass is 10.1. The molecule has 0 aliphatic heterocycles. The van der Waals surface area contributed by atoms with Crippen LogP contribution in [0.15, 0.2) is 42.5 Å². The highest BCUT2D eigenvalue weighted by molar-refractivity contribution is 5.94. The predicted molar refractivity (Wildman–Crippen MR) is 92.0 cm³/mol. The lowest BCUT2D eigenvalue weighted by Gasteiger charge is -2.21. The summed E-state index contributed by atoms with van der Waals surface area (Å²) >= 11 is 0. The molecular formula is C19H21FN2O2. The smallest absolute Gasteiger partial charge is 0.244 e. The first-order valence-corrected chi connectivity index (χ1v) is 7.73. The maximum absolute atomic E-state index is 13.8. The Hall–Kier alpha value is -2.69. The van der Waals surface area contributed by atoms with E-state index in [1.54, 1.807) is 18.2 Å². The normalized spacial score (nSPS) is 10.3. The molecule has 4 nitrogen and oxygen atoms in total. The van der Waals surface area contributed by atoms with Crippen molar-refractivity contribution in [1.82, 2.24) is 4.90 Å². The van der Waals surface area contributed by atoms with Crippen LogP contribution in [0.4, 0.5) is 10.1 Å². The molecule has 0 fully saturated rings. The van der Waals surface area contributed by atoms with Crippen LogP contribution in [0.5, 0.6) is 0 Å². The Morgan fingerprint density at radius 1 is 1.12 bits per heavy atom. The van der Waals surface area contributed by atoms with Gasteiger partial charge in [0.15, 0.2) is 0 Å². The van der Waals surface area contributed by atoms with Crippen molar-refractivity contribution in [3.63, 3.8) is 0 Å². The summed E-state index contributed by atoms with van der Waals surface area (Å²) in [6.45, 7) is 5.14. The Bertz CT molecular complexity index is 759. The first kappa shape index (κ1) is 17.7. The molecule has 0 spiro atoms. The van der Waals surface area contributed by atoms with Crippen molar-refractivity contribution in [2.45, 2.75) is 27.3 Å². The third-order valence-electron chi connectivity index (χ3n) is 3.77. The minimum absolute atomic E-state index is 0.0578. The Kier molecular flexibility index (Phi) is 5.68. The summed E-state index contributed by atoms with van der Waals surface area (Å²) < 4.78 is 13.8. The molecule has 0 aliphatic carbocycles. The number of hydrogen-bond acceptors (Lipinski definition) is 2. The second-order valence-corrected chi connectivity index (χ2v) is 5.83. The Morgan fingerprint density at radius 3 is 2.50 bits per heavy atom. The van der Waals surface area contributed by atoms with Gasteiger partial charge in [-0.15, -0.1) is 0 Å². The number of rotatable bonds is 5. The van der Waals surface area contributed by atoms with Crippen molar-refractivity contribution in [2.24, 2.45) is 0 Å². The number of nitrogens with zero attached hydrogens (tertiary/aromatic N) is 1. The van der Waals surface area contributed by atoms with E-state index in [1.165, 1.54) is 17.9 Å². The molecule has 0 aliphatic rings. The monoisotopic (exact) mass is 328 g/mol. The summed E-state index contributed by atoms with van der Waals surface area (Å²) in [5, 5.41) is 2.81. The molecule has 0 saturated heterocycles. The number of nitrogens with one attached hydrogen (secondary N) is 1. The van der Waals surface area contributed by atoms with E-state index in [2.05, 4.69) is 5.32 Å². The quantitative estimate of drug-likeness (QED) is 0.914. The lowest BCUT2D eigenvalue weighted by molar-refractivity contribution is -0.133. The number of halogens is 1. The summed E-state index contributed by atoms with van der Waals surface area (Å²) in [7, 11) is 0. The van der Waals surface area contributed by atoms with Crippen molar-refractivity contribution in [2.75, 3.05) is 11.9 Å². The molecule has 0 bridgehead atoms. The number of hydrogen-bond donors (Lipinski definition) is 1. The molecule has 5 heteroatoms. The van der Waals surface area contributed by atoms with Crippen LogP contribution in [0.25, 0.3) is 0 Å². The zero-order valence-corrected chi connectivity index (χ0v) is 14.1. The van der Waals surface area contributed by atoms with Gasteiger partial charge in [0, 0.05) is 24.7 Å². The van der Waals surface area contributed by atoms with Gasteiger partial charge in [0.05, 0.1) is 0 Å². The minimum atomic E-state index is -0.390. The highest BCUT2D eigenvalue weighted by Crippen LogP contribution is 2.16. The van der Waals surface area contributed by atoms with E-state index < -0.39 is 5.82 Å². The van der Waals surface area contributed by atoms with Crippen LogP contribution >= 0.6 is 0 Å². The zero-order valence-electron chi connectivity index (χ0n) is 14.1. The van der Waals surface area contributed by atoms with Crippen LogP contribution < -0.4 is 5.32 Å². The second kappa shape index (κ2) is 7.73. The fraction of sp³-hybridized carbons (Fsp3) is 0.263. The molecule has 24 heavy (non-hydrogen) atoms. The number of aryl methyl sites for hydroxylation is 2. The van der Waals surface area contributed by atoms with E-state index in [0.29, 0.717) is 5.56 Å². The number of carbonyl (C=O) groups is 2. The largest absolute Gasteiger partial charge is 0.329 e. The maximum atomic E-state index is 13.8. The summed E-state index contributed by atoms with van der Waals surface area (Å²) in [5.41, 5.74) is 3.07. The fourth-order valence-corrected chi connectivity index (χ4v) is 2.34. The van der Waals surface area contributed by atoms with Crippen molar-refractivity contribution < 1.29 is 14.0 Å². The molecule has 126 valence electrons. The Morgan fingerprint density at radius 2 is 1.83 bits per heavy atom. The topological polar surface area (TPSA) is 49.4 Å². The van der Waals surface area contributed by atoms with Gasteiger partial charge in [-0.25, -0.2) is 4.39 Å². The number of amides is 2. The van der Waals surface area contributed by atoms with Gasteiger partial charge in [-0.05, 0) is 37.1 Å². The molecule has 0 radical (unpaired) electrons. The van der Waals surface area contributed by atoms with E-state index in [-0.39, 0.29) is 24.9 Å². The predicted octanol–water partition coefficient (Wildman–Crippen LogP) is 3.43. The van der Waals surface area contributed by atoms with Gasteiger partial charge in [-0.3, -0.25) is 9.59 Å². The van der Waals surface area contributed by atoms with Crippen LogP contribution in [0.2, 0.25) is 0 Å². The average Bonchev–Trinajstić information content (AvgIpc) is 2.52.